The average molecular weight is 371 g/mol. The number of anilines is 1. The van der Waals surface area contributed by atoms with Crippen LogP contribution in [0.1, 0.15) is 18.1 Å². The molecule has 6 nitrogen and oxygen atoms in total. The molecule has 0 bridgehead atoms. The first-order chi connectivity index (χ1) is 12.4. The largest absolute Gasteiger partial charge is 0.325 e. The molecule has 0 spiro atoms. The van der Waals surface area contributed by atoms with Crippen LogP contribution in [-0.2, 0) is 4.79 Å². The molecule has 1 amide bonds. The highest BCUT2D eigenvalue weighted by atomic mass is 32.2. The van der Waals surface area contributed by atoms with Crippen LogP contribution in [0.25, 0.3) is 5.69 Å². The van der Waals surface area contributed by atoms with E-state index in [-0.39, 0.29) is 11.7 Å². The summed E-state index contributed by atoms with van der Waals surface area (Å²) in [5.74, 6) is -0.561. The van der Waals surface area contributed by atoms with E-state index < -0.39 is 5.25 Å². The smallest absolute Gasteiger partial charge is 0.237 e. The van der Waals surface area contributed by atoms with E-state index in [9.17, 15) is 9.18 Å². The van der Waals surface area contributed by atoms with Crippen LogP contribution in [0.2, 0.25) is 0 Å². The van der Waals surface area contributed by atoms with Crippen molar-refractivity contribution in [1.82, 2.24) is 20.2 Å². The summed E-state index contributed by atoms with van der Waals surface area (Å²) in [6.45, 7) is 5.83. The van der Waals surface area contributed by atoms with Crippen molar-refractivity contribution in [1.29, 1.82) is 0 Å². The number of amides is 1. The highest BCUT2D eigenvalue weighted by molar-refractivity contribution is 8.00. The number of aryl methyl sites for hydroxylation is 2. The van der Waals surface area contributed by atoms with E-state index in [2.05, 4.69) is 20.8 Å². The second-order valence-corrected chi connectivity index (χ2v) is 7.21. The summed E-state index contributed by atoms with van der Waals surface area (Å²) in [5.41, 5.74) is 3.70. The van der Waals surface area contributed by atoms with E-state index >= 15 is 0 Å². The standard InChI is InChI=1S/C18H18FN5OS/c1-11-4-9-16(10-12(11)2)24-18(21-22-23-24)26-13(3)17(25)20-15-7-5-14(19)6-8-15/h4-10,13H,1-3H3,(H,20,25)/t13-/m1/s1. The Morgan fingerprint density at radius 1 is 1.15 bits per heavy atom. The van der Waals surface area contributed by atoms with Crippen molar-refractivity contribution in [3.63, 3.8) is 0 Å². The number of tetrazole rings is 1. The lowest BCUT2D eigenvalue weighted by Crippen LogP contribution is -2.22. The number of hydrogen-bond acceptors (Lipinski definition) is 5. The highest BCUT2D eigenvalue weighted by Crippen LogP contribution is 2.24. The Bertz CT molecular complexity index is 926. The molecular formula is C18H18FN5OS. The average Bonchev–Trinajstić information content (AvgIpc) is 3.07. The van der Waals surface area contributed by atoms with Gasteiger partial charge in [0.15, 0.2) is 0 Å². The molecule has 0 saturated carbocycles. The molecule has 2 aromatic carbocycles. The van der Waals surface area contributed by atoms with Crippen LogP contribution in [0.5, 0.6) is 0 Å². The van der Waals surface area contributed by atoms with Gasteiger partial charge in [0, 0.05) is 5.69 Å². The van der Waals surface area contributed by atoms with E-state index in [0.717, 1.165) is 11.3 Å². The first kappa shape index (κ1) is 18.1. The number of halogens is 1. The molecule has 134 valence electrons. The van der Waals surface area contributed by atoms with Gasteiger partial charge in [-0.2, -0.15) is 4.68 Å². The van der Waals surface area contributed by atoms with Gasteiger partial charge in [0.2, 0.25) is 11.1 Å². The van der Waals surface area contributed by atoms with Gasteiger partial charge in [0.25, 0.3) is 0 Å². The summed E-state index contributed by atoms with van der Waals surface area (Å²) in [4.78, 5) is 12.4. The van der Waals surface area contributed by atoms with E-state index in [1.165, 1.54) is 41.6 Å². The molecule has 3 rings (SSSR count). The lowest BCUT2D eigenvalue weighted by molar-refractivity contribution is -0.115. The van der Waals surface area contributed by atoms with Crippen LogP contribution in [0.3, 0.4) is 0 Å². The van der Waals surface area contributed by atoms with Crippen LogP contribution >= 0.6 is 11.8 Å². The summed E-state index contributed by atoms with van der Waals surface area (Å²) >= 11 is 1.25. The molecule has 0 fully saturated rings. The molecule has 0 aliphatic rings. The van der Waals surface area contributed by atoms with Gasteiger partial charge in [-0.05, 0) is 78.7 Å². The Hall–Kier alpha value is -2.74. The molecule has 1 N–H and O–H groups in total. The quantitative estimate of drug-likeness (QED) is 0.695. The number of nitrogens with one attached hydrogen (secondary N) is 1. The van der Waals surface area contributed by atoms with Gasteiger partial charge in [-0.15, -0.1) is 5.10 Å². The van der Waals surface area contributed by atoms with Crippen molar-refractivity contribution >= 4 is 23.4 Å². The van der Waals surface area contributed by atoms with Crippen molar-refractivity contribution in [2.24, 2.45) is 0 Å². The minimum absolute atomic E-state index is 0.212. The number of carbonyl (C=O) groups excluding carboxylic acids is 1. The zero-order chi connectivity index (χ0) is 18.7. The fraction of sp³-hybridized carbons (Fsp3) is 0.222. The van der Waals surface area contributed by atoms with Crippen molar-refractivity contribution < 1.29 is 9.18 Å². The molecule has 1 heterocycles. The van der Waals surface area contributed by atoms with Gasteiger partial charge in [-0.25, -0.2) is 4.39 Å². The number of thioether (sulfide) groups is 1. The summed E-state index contributed by atoms with van der Waals surface area (Å²) in [6, 6.07) is 11.6. The summed E-state index contributed by atoms with van der Waals surface area (Å²) < 4.78 is 14.6. The molecule has 0 aliphatic heterocycles. The fourth-order valence-corrected chi connectivity index (χ4v) is 3.07. The van der Waals surface area contributed by atoms with Crippen LogP contribution < -0.4 is 5.32 Å². The molecule has 3 aromatic rings. The Labute approximate surface area is 154 Å². The van der Waals surface area contributed by atoms with E-state index in [4.69, 9.17) is 0 Å². The van der Waals surface area contributed by atoms with Gasteiger partial charge in [-0.3, -0.25) is 4.79 Å². The maximum atomic E-state index is 13.0. The zero-order valence-electron chi connectivity index (χ0n) is 14.6. The maximum absolute atomic E-state index is 13.0. The van der Waals surface area contributed by atoms with Gasteiger partial charge in [-0.1, -0.05) is 17.8 Å². The highest BCUT2D eigenvalue weighted by Gasteiger charge is 2.19. The SMILES string of the molecule is Cc1ccc(-n2nnnc2S[C@H](C)C(=O)Nc2ccc(F)cc2)cc1C. The van der Waals surface area contributed by atoms with Crippen molar-refractivity contribution in [3.05, 3.63) is 59.4 Å². The monoisotopic (exact) mass is 371 g/mol. The fourth-order valence-electron chi connectivity index (χ4n) is 2.26. The lowest BCUT2D eigenvalue weighted by Gasteiger charge is -2.12. The molecule has 1 atom stereocenters. The third-order valence-corrected chi connectivity index (χ3v) is 4.97. The number of nitrogens with zero attached hydrogens (tertiary/aromatic N) is 4. The molecule has 0 radical (unpaired) electrons. The van der Waals surface area contributed by atoms with Crippen molar-refractivity contribution in [2.75, 3.05) is 5.32 Å². The van der Waals surface area contributed by atoms with Gasteiger partial charge >= 0.3 is 0 Å². The van der Waals surface area contributed by atoms with Crippen LogP contribution in [0.4, 0.5) is 10.1 Å². The number of hydrogen-bond donors (Lipinski definition) is 1. The van der Waals surface area contributed by atoms with Crippen molar-refractivity contribution in [3.8, 4) is 5.69 Å². The first-order valence-electron chi connectivity index (χ1n) is 8.03. The van der Waals surface area contributed by atoms with Crippen molar-refractivity contribution in [2.45, 2.75) is 31.2 Å². The van der Waals surface area contributed by atoms with Crippen LogP contribution in [-0.4, -0.2) is 31.4 Å². The predicted molar refractivity (Wildman–Crippen MR) is 99.0 cm³/mol. The summed E-state index contributed by atoms with van der Waals surface area (Å²) in [5, 5.41) is 14.6. The third-order valence-electron chi connectivity index (χ3n) is 3.94. The van der Waals surface area contributed by atoms with E-state index in [0.29, 0.717) is 10.8 Å². The molecular weight excluding hydrogens is 353 g/mol. The number of rotatable bonds is 5. The van der Waals surface area contributed by atoms with E-state index in [1.54, 1.807) is 11.6 Å². The lowest BCUT2D eigenvalue weighted by atomic mass is 10.1. The second kappa shape index (κ2) is 7.65. The molecule has 1 aromatic heterocycles. The summed E-state index contributed by atoms with van der Waals surface area (Å²) in [6.07, 6.45) is 0. The third kappa shape index (κ3) is 4.08. The maximum Gasteiger partial charge on any atom is 0.237 e. The Kier molecular flexibility index (Phi) is 5.32. The molecule has 26 heavy (non-hydrogen) atoms. The predicted octanol–water partition coefficient (Wildman–Crippen LogP) is 3.54. The van der Waals surface area contributed by atoms with Crippen LogP contribution in [0.15, 0.2) is 47.6 Å². The minimum Gasteiger partial charge on any atom is -0.325 e. The van der Waals surface area contributed by atoms with Crippen LogP contribution in [0, 0.1) is 19.7 Å². The van der Waals surface area contributed by atoms with Gasteiger partial charge in [0.1, 0.15) is 5.82 Å². The Morgan fingerprint density at radius 2 is 1.88 bits per heavy atom. The normalized spacial score (nSPS) is 12.0. The first-order valence-corrected chi connectivity index (χ1v) is 8.91. The minimum atomic E-state index is -0.434. The van der Waals surface area contributed by atoms with Gasteiger partial charge < -0.3 is 5.32 Å². The molecule has 8 heteroatoms. The van der Waals surface area contributed by atoms with Gasteiger partial charge in [0.05, 0.1) is 10.9 Å². The number of aromatic nitrogens is 4. The Morgan fingerprint density at radius 3 is 2.58 bits per heavy atom. The zero-order valence-corrected chi connectivity index (χ0v) is 15.4. The summed E-state index contributed by atoms with van der Waals surface area (Å²) in [7, 11) is 0. The number of carbonyl (C=O) groups is 1. The Balaban J connectivity index is 1.72. The topological polar surface area (TPSA) is 72.7 Å². The second-order valence-electron chi connectivity index (χ2n) is 5.90. The number of benzene rings is 2. The molecule has 0 aliphatic carbocycles. The molecule has 0 saturated heterocycles. The molecule has 0 unspecified atom stereocenters. The van der Waals surface area contributed by atoms with E-state index in [1.807, 2.05) is 32.0 Å².